The topological polar surface area (TPSA) is 57.5 Å². The number of rotatable bonds is 1. The van der Waals surface area contributed by atoms with Crippen LogP contribution in [0.4, 0.5) is 0 Å². The van der Waals surface area contributed by atoms with E-state index in [1.54, 1.807) is 6.08 Å². The lowest BCUT2D eigenvalue weighted by atomic mass is 10.4. The summed E-state index contributed by atoms with van der Waals surface area (Å²) in [6, 6.07) is 0. The molecule has 3 nitrogen and oxygen atoms in total. The Morgan fingerprint density at radius 2 is 1.78 bits per heavy atom. The average Bonchev–Trinajstić information content (AvgIpc) is 1.65. The summed E-state index contributed by atoms with van der Waals surface area (Å²) in [5, 5.41) is 0. The van der Waals surface area contributed by atoms with E-state index in [-0.39, 0.29) is 0 Å². The number of hydrogen-bond donors (Lipinski definition) is 2. The van der Waals surface area contributed by atoms with Gasteiger partial charge in [0, 0.05) is 4.57 Å². The van der Waals surface area contributed by atoms with Gasteiger partial charge in [0.2, 0.25) is 0 Å². The van der Waals surface area contributed by atoms with Crippen LogP contribution in [0.3, 0.4) is 0 Å². The average molecular weight is 149 g/mol. The molecular formula is C5H10O3P+. The van der Waals surface area contributed by atoms with Crippen molar-refractivity contribution in [2.75, 3.05) is 0 Å². The second-order valence-electron chi connectivity index (χ2n) is 1.30. The minimum Gasteiger partial charge on any atom is -0.134 e. The molecule has 52 valence electrons. The summed E-state index contributed by atoms with van der Waals surface area (Å²) in [4.78, 5) is 14.2. The Bertz CT molecular complexity index is 115. The van der Waals surface area contributed by atoms with E-state index >= 15 is 0 Å². The van der Waals surface area contributed by atoms with Gasteiger partial charge in [0.25, 0.3) is 0 Å². The summed E-state index contributed by atoms with van der Waals surface area (Å²) in [5.74, 6) is 0. The summed E-state index contributed by atoms with van der Waals surface area (Å²) in [5.41, 5.74) is 1.02. The first kappa shape index (κ1) is 11.3. The van der Waals surface area contributed by atoms with Crippen molar-refractivity contribution < 1.29 is 14.4 Å². The van der Waals surface area contributed by atoms with Gasteiger partial charge in [-0.3, -0.25) is 0 Å². The van der Waals surface area contributed by atoms with Gasteiger partial charge < -0.3 is 0 Å². The molecule has 0 radical (unpaired) electrons. The number of hydrogen-bond acceptors (Lipinski definition) is 1. The van der Waals surface area contributed by atoms with Gasteiger partial charge in [-0.2, -0.15) is 0 Å². The van der Waals surface area contributed by atoms with Crippen LogP contribution in [-0.4, -0.2) is 9.79 Å². The van der Waals surface area contributed by atoms with E-state index in [0.29, 0.717) is 0 Å². The molecule has 0 bridgehead atoms. The molecule has 0 heterocycles. The highest BCUT2D eigenvalue weighted by atomic mass is 31.1. The summed E-state index contributed by atoms with van der Waals surface area (Å²) >= 11 is 0. The first-order valence-corrected chi connectivity index (χ1v) is 3.30. The van der Waals surface area contributed by atoms with E-state index in [4.69, 9.17) is 14.4 Å². The molecule has 0 aliphatic heterocycles. The van der Waals surface area contributed by atoms with Crippen LogP contribution in [0, 0.1) is 0 Å². The molecular weight excluding hydrogens is 139 g/mol. The molecule has 0 spiro atoms. The van der Waals surface area contributed by atoms with Gasteiger partial charge in [0.05, 0.1) is 0 Å². The summed E-state index contributed by atoms with van der Waals surface area (Å²) < 4.78 is 8.70. The molecule has 0 aromatic carbocycles. The van der Waals surface area contributed by atoms with Crippen LogP contribution in [0.15, 0.2) is 24.8 Å². The minimum absolute atomic E-state index is 1.02. The maximum absolute atomic E-state index is 8.70. The molecule has 0 aliphatic rings. The zero-order valence-electron chi connectivity index (χ0n) is 5.24. The summed E-state index contributed by atoms with van der Waals surface area (Å²) in [7, 11) is -2.87. The van der Waals surface area contributed by atoms with Crippen molar-refractivity contribution in [3.8, 4) is 0 Å². The first-order valence-electron chi connectivity index (χ1n) is 2.13. The molecule has 0 aromatic heterocycles. The maximum atomic E-state index is 8.70. The van der Waals surface area contributed by atoms with Gasteiger partial charge in [-0.25, -0.2) is 0 Å². The molecule has 0 fully saturated rings. The lowest BCUT2D eigenvalue weighted by Crippen LogP contribution is -1.50. The van der Waals surface area contributed by atoms with Crippen LogP contribution in [-0.2, 0) is 4.57 Å². The molecule has 2 N–H and O–H groups in total. The van der Waals surface area contributed by atoms with Gasteiger partial charge >= 0.3 is 8.25 Å². The van der Waals surface area contributed by atoms with Crippen LogP contribution in [0.2, 0.25) is 0 Å². The molecule has 0 amide bonds. The van der Waals surface area contributed by atoms with E-state index in [1.807, 2.05) is 6.92 Å². The lowest BCUT2D eigenvalue weighted by molar-refractivity contribution is 0.405. The smallest absolute Gasteiger partial charge is 0.134 e. The normalized spacial score (nSPS) is 6.56. The predicted octanol–water partition coefficient (Wildman–Crippen LogP) is 1.38. The second kappa shape index (κ2) is 7.50. The maximum Gasteiger partial charge on any atom is 0.692 e. The standard InChI is InChI=1S/C5H8.HO3P/c1-4-5(2)3;1-4(2)3/h4H,1-2H2,3H3;(H-,1,2,3)/p+1. The Kier molecular flexibility index (Phi) is 9.43. The Morgan fingerprint density at radius 3 is 1.78 bits per heavy atom. The molecule has 0 saturated heterocycles. The van der Waals surface area contributed by atoms with Crippen molar-refractivity contribution in [3.63, 3.8) is 0 Å². The van der Waals surface area contributed by atoms with Gasteiger partial charge in [-0.15, -0.1) is 9.79 Å². The molecule has 4 heteroatoms. The summed E-state index contributed by atoms with van der Waals surface area (Å²) in [6.45, 7) is 8.93. The Morgan fingerprint density at radius 1 is 1.67 bits per heavy atom. The molecule has 0 aromatic rings. The monoisotopic (exact) mass is 149 g/mol. The highest BCUT2D eigenvalue weighted by Gasteiger charge is 1.93. The zero-order valence-corrected chi connectivity index (χ0v) is 6.14. The third-order valence-corrected chi connectivity index (χ3v) is 0.348. The molecule has 0 atom stereocenters. The van der Waals surface area contributed by atoms with Gasteiger partial charge in [-0.05, 0) is 6.92 Å². The van der Waals surface area contributed by atoms with Gasteiger partial charge in [0.15, 0.2) is 0 Å². The van der Waals surface area contributed by atoms with Crippen molar-refractivity contribution in [1.82, 2.24) is 0 Å². The second-order valence-corrected chi connectivity index (χ2v) is 1.81. The van der Waals surface area contributed by atoms with Crippen molar-refractivity contribution in [2.45, 2.75) is 6.92 Å². The fourth-order valence-corrected chi connectivity index (χ4v) is 0. The lowest BCUT2D eigenvalue weighted by Gasteiger charge is -1.71. The Balaban J connectivity index is 0. The fraction of sp³-hybridized carbons (Fsp3) is 0.200. The molecule has 0 aliphatic carbocycles. The number of allylic oxidation sites excluding steroid dienone is 2. The van der Waals surface area contributed by atoms with E-state index < -0.39 is 8.25 Å². The van der Waals surface area contributed by atoms with Gasteiger partial charge in [-0.1, -0.05) is 24.8 Å². The Hall–Kier alpha value is -0.500. The van der Waals surface area contributed by atoms with Crippen molar-refractivity contribution in [2.24, 2.45) is 0 Å². The van der Waals surface area contributed by atoms with E-state index in [2.05, 4.69) is 13.2 Å². The summed E-state index contributed by atoms with van der Waals surface area (Å²) in [6.07, 6.45) is 1.72. The predicted molar refractivity (Wildman–Crippen MR) is 37.1 cm³/mol. The third-order valence-electron chi connectivity index (χ3n) is 0.348. The quantitative estimate of drug-likeness (QED) is 0.437. The SMILES string of the molecule is C=CC(=C)C.O=[P+](O)O. The largest absolute Gasteiger partial charge is 0.692 e. The van der Waals surface area contributed by atoms with E-state index in [9.17, 15) is 0 Å². The van der Waals surface area contributed by atoms with E-state index in [1.165, 1.54) is 0 Å². The Labute approximate surface area is 55.3 Å². The van der Waals surface area contributed by atoms with Crippen molar-refractivity contribution in [1.29, 1.82) is 0 Å². The molecule has 0 rings (SSSR count). The van der Waals surface area contributed by atoms with Crippen molar-refractivity contribution in [3.05, 3.63) is 24.8 Å². The zero-order chi connectivity index (χ0) is 7.86. The van der Waals surface area contributed by atoms with Crippen molar-refractivity contribution >= 4 is 8.25 Å². The first-order chi connectivity index (χ1) is 4.00. The molecule has 0 unspecified atom stereocenters. The van der Waals surface area contributed by atoms with Crippen LogP contribution >= 0.6 is 8.25 Å². The highest BCUT2D eigenvalue weighted by Crippen LogP contribution is 1.98. The van der Waals surface area contributed by atoms with Crippen LogP contribution in [0.1, 0.15) is 6.92 Å². The third kappa shape index (κ3) is 101. The molecule has 0 saturated carbocycles. The van der Waals surface area contributed by atoms with Crippen LogP contribution < -0.4 is 0 Å². The van der Waals surface area contributed by atoms with Gasteiger partial charge in [0.1, 0.15) is 0 Å². The fourth-order valence-electron chi connectivity index (χ4n) is 0. The van der Waals surface area contributed by atoms with Crippen LogP contribution in [0.25, 0.3) is 0 Å². The van der Waals surface area contributed by atoms with E-state index in [0.717, 1.165) is 5.57 Å². The highest BCUT2D eigenvalue weighted by molar-refractivity contribution is 7.30. The molecule has 9 heavy (non-hydrogen) atoms. The van der Waals surface area contributed by atoms with Crippen LogP contribution in [0.5, 0.6) is 0 Å². The minimum atomic E-state index is -2.87.